The molecule has 1 aliphatic rings. The van der Waals surface area contributed by atoms with Gasteiger partial charge >= 0.3 is 0 Å². The largest absolute Gasteiger partial charge is 0.454 e. The Morgan fingerprint density at radius 1 is 1.04 bits per heavy atom. The monoisotopic (exact) mass is 681 g/mol. The highest BCUT2D eigenvalue weighted by Crippen LogP contribution is 2.41. The Balaban J connectivity index is 1.44. The SMILES string of the molecule is CNC(=O)CCc1cccc(C2(C)CCCC(C)(C)CN(C)C(=O)CCc3c(c(F)cc4[nH]ccc34)Oc3ccc(F)c(c3)-c3ncc2[nH]3)c1. The first kappa shape index (κ1) is 34.9. The van der Waals surface area contributed by atoms with E-state index in [1.807, 2.05) is 25.2 Å². The third-order valence-corrected chi connectivity index (χ3v) is 10.1. The van der Waals surface area contributed by atoms with Crippen LogP contribution in [0.3, 0.4) is 0 Å². The van der Waals surface area contributed by atoms with Gasteiger partial charge in [0, 0.05) is 79.5 Å². The lowest BCUT2D eigenvalue weighted by atomic mass is 9.73. The van der Waals surface area contributed by atoms with E-state index >= 15 is 8.78 Å². The fourth-order valence-corrected chi connectivity index (χ4v) is 7.23. The van der Waals surface area contributed by atoms with E-state index < -0.39 is 17.0 Å². The zero-order valence-corrected chi connectivity index (χ0v) is 29.4. The summed E-state index contributed by atoms with van der Waals surface area (Å²) in [6, 6.07) is 15.7. The number of aromatic amines is 2. The van der Waals surface area contributed by atoms with E-state index in [9.17, 15) is 9.59 Å². The number of nitrogens with one attached hydrogen (secondary N) is 3. The minimum absolute atomic E-state index is 0.00682. The smallest absolute Gasteiger partial charge is 0.222 e. The molecule has 3 N–H and O–H groups in total. The van der Waals surface area contributed by atoms with E-state index in [2.05, 4.69) is 53.2 Å². The maximum atomic E-state index is 15.7. The molecule has 6 rings (SSSR count). The van der Waals surface area contributed by atoms with E-state index in [0.717, 1.165) is 41.5 Å². The van der Waals surface area contributed by atoms with Crippen molar-refractivity contribution in [2.24, 2.45) is 5.41 Å². The van der Waals surface area contributed by atoms with Gasteiger partial charge in [0.05, 0.1) is 5.56 Å². The second-order valence-corrected chi connectivity index (χ2v) is 14.5. The van der Waals surface area contributed by atoms with E-state index in [1.54, 1.807) is 24.3 Å². The summed E-state index contributed by atoms with van der Waals surface area (Å²) in [6.45, 7) is 7.05. The van der Waals surface area contributed by atoms with Gasteiger partial charge in [-0.2, -0.15) is 0 Å². The van der Waals surface area contributed by atoms with E-state index in [-0.39, 0.29) is 47.1 Å². The Kier molecular flexibility index (Phi) is 9.82. The van der Waals surface area contributed by atoms with E-state index in [1.165, 1.54) is 24.3 Å². The average Bonchev–Trinajstić information content (AvgIpc) is 3.78. The molecule has 3 heterocycles. The second kappa shape index (κ2) is 14.1. The number of carbonyl (C=O) groups is 2. The Bertz CT molecular complexity index is 2030. The highest BCUT2D eigenvalue weighted by atomic mass is 19.1. The molecule has 0 spiro atoms. The molecule has 50 heavy (non-hydrogen) atoms. The minimum Gasteiger partial charge on any atom is -0.454 e. The minimum atomic E-state index is -0.581. The van der Waals surface area contributed by atoms with Crippen LogP contribution in [0.15, 0.2) is 67.0 Å². The summed E-state index contributed by atoms with van der Waals surface area (Å²) in [4.78, 5) is 38.4. The molecular weight excluding hydrogens is 636 g/mol. The third kappa shape index (κ3) is 7.29. The van der Waals surface area contributed by atoms with Gasteiger partial charge in [-0.1, -0.05) is 44.5 Å². The normalized spacial score (nSPS) is 18.5. The molecule has 0 radical (unpaired) electrons. The summed E-state index contributed by atoms with van der Waals surface area (Å²) < 4.78 is 37.4. The molecule has 2 aromatic heterocycles. The van der Waals surface area contributed by atoms with Gasteiger partial charge in [0.25, 0.3) is 0 Å². The van der Waals surface area contributed by atoms with Crippen LogP contribution in [0.25, 0.3) is 22.3 Å². The van der Waals surface area contributed by atoms with Gasteiger partial charge in [0.15, 0.2) is 11.6 Å². The lowest BCUT2D eigenvalue weighted by Gasteiger charge is -2.34. The number of H-pyrrole nitrogens is 2. The number of rotatable bonds is 4. The maximum absolute atomic E-state index is 15.7. The molecule has 1 aliphatic heterocycles. The van der Waals surface area contributed by atoms with Gasteiger partial charge in [0.2, 0.25) is 11.8 Å². The van der Waals surface area contributed by atoms with Crippen molar-refractivity contribution in [3.63, 3.8) is 0 Å². The quantitative estimate of drug-likeness (QED) is 0.178. The first-order chi connectivity index (χ1) is 23.9. The van der Waals surface area contributed by atoms with Crippen LogP contribution >= 0.6 is 0 Å². The number of benzene rings is 3. The van der Waals surface area contributed by atoms with Crippen molar-refractivity contribution in [2.75, 3.05) is 20.6 Å². The van der Waals surface area contributed by atoms with Gasteiger partial charge in [-0.3, -0.25) is 9.59 Å². The van der Waals surface area contributed by atoms with Crippen molar-refractivity contribution in [1.29, 1.82) is 0 Å². The third-order valence-electron chi connectivity index (χ3n) is 10.1. The molecule has 0 saturated heterocycles. The van der Waals surface area contributed by atoms with Crippen molar-refractivity contribution in [3.8, 4) is 22.9 Å². The number of imidazole rings is 1. The Morgan fingerprint density at radius 2 is 1.86 bits per heavy atom. The Labute approximate surface area is 291 Å². The fraction of sp³-hybridized carbons (Fsp3) is 0.375. The number of aromatic nitrogens is 3. The summed E-state index contributed by atoms with van der Waals surface area (Å²) >= 11 is 0. The highest BCUT2D eigenvalue weighted by Gasteiger charge is 2.33. The van der Waals surface area contributed by atoms with E-state index in [4.69, 9.17) is 4.74 Å². The summed E-state index contributed by atoms with van der Waals surface area (Å²) in [6.07, 6.45) is 7.35. The van der Waals surface area contributed by atoms with Crippen LogP contribution in [0, 0.1) is 17.0 Å². The topological polar surface area (TPSA) is 103 Å². The summed E-state index contributed by atoms with van der Waals surface area (Å²) in [7, 11) is 3.46. The zero-order valence-electron chi connectivity index (χ0n) is 29.4. The molecule has 0 saturated carbocycles. The molecular formula is C40H45F2N5O3. The molecule has 1 unspecified atom stereocenters. The van der Waals surface area contributed by atoms with Crippen LogP contribution in [0.5, 0.6) is 11.5 Å². The molecule has 0 aliphatic carbocycles. The van der Waals surface area contributed by atoms with Crippen molar-refractivity contribution in [2.45, 2.75) is 71.1 Å². The van der Waals surface area contributed by atoms with Crippen LogP contribution in [0.4, 0.5) is 8.78 Å². The summed E-state index contributed by atoms with van der Waals surface area (Å²) in [5, 5.41) is 3.45. The standard InChI is InChI=1S/C40H45F2N5O3/c1-39(2)17-7-18-40(3,26-9-6-8-25(20-26)10-14-35(48)43-4)34-23-45-38(46-34)30-21-27(11-13-31(30)41)50-37-29(12-15-36(49)47(5)24-39)28-16-19-44-33(28)22-32(37)42/h6,8-9,11,13,16,19-23,44H,7,10,12,14-15,17-18,24H2,1-5H3,(H,43,48)(H,45,46). The van der Waals surface area contributed by atoms with Crippen molar-refractivity contribution >= 4 is 22.7 Å². The number of halogens is 2. The molecule has 0 fully saturated rings. The average molecular weight is 682 g/mol. The number of nitrogens with zero attached hydrogens (tertiary/aromatic N) is 2. The summed E-state index contributed by atoms with van der Waals surface area (Å²) in [5.74, 6) is -0.563. The zero-order chi connectivity index (χ0) is 35.6. The van der Waals surface area contributed by atoms with Crippen molar-refractivity contribution < 1.29 is 23.1 Å². The number of amides is 2. The number of carbonyl (C=O) groups excluding carboxylic acids is 2. The molecule has 2 amide bonds. The van der Waals surface area contributed by atoms with Crippen molar-refractivity contribution in [1.82, 2.24) is 25.2 Å². The molecule has 3 aromatic carbocycles. The number of fused-ring (bicyclic) bond motifs is 8. The van der Waals surface area contributed by atoms with Gasteiger partial charge < -0.3 is 24.9 Å². The molecule has 8 nitrogen and oxygen atoms in total. The number of aryl methyl sites for hydroxylation is 2. The van der Waals surface area contributed by atoms with Crippen LogP contribution in [0.1, 0.15) is 75.3 Å². The van der Waals surface area contributed by atoms with Gasteiger partial charge in [0.1, 0.15) is 17.4 Å². The van der Waals surface area contributed by atoms with Crippen molar-refractivity contribution in [3.05, 3.63) is 101 Å². The highest BCUT2D eigenvalue weighted by molar-refractivity contribution is 5.86. The number of hydrogen-bond donors (Lipinski definition) is 3. The predicted molar refractivity (Wildman–Crippen MR) is 191 cm³/mol. The van der Waals surface area contributed by atoms with Gasteiger partial charge in [-0.15, -0.1) is 0 Å². The Hall–Kier alpha value is -4.99. The van der Waals surface area contributed by atoms with E-state index in [0.29, 0.717) is 36.3 Å². The fourth-order valence-electron chi connectivity index (χ4n) is 7.23. The maximum Gasteiger partial charge on any atom is 0.222 e. The lowest BCUT2D eigenvalue weighted by Crippen LogP contribution is -2.36. The molecule has 262 valence electrons. The Morgan fingerprint density at radius 3 is 2.66 bits per heavy atom. The number of hydrogen-bond acceptors (Lipinski definition) is 4. The lowest BCUT2D eigenvalue weighted by molar-refractivity contribution is -0.131. The van der Waals surface area contributed by atoms with Crippen LogP contribution in [-0.2, 0) is 27.8 Å². The van der Waals surface area contributed by atoms with Gasteiger partial charge in [-0.05, 0) is 73.4 Å². The molecule has 5 aromatic rings. The molecule has 1 atom stereocenters. The molecule has 4 bridgehead atoms. The first-order valence-electron chi connectivity index (χ1n) is 17.2. The predicted octanol–water partition coefficient (Wildman–Crippen LogP) is 8.21. The van der Waals surface area contributed by atoms with Crippen LogP contribution in [0.2, 0.25) is 0 Å². The number of ether oxygens (including phenoxy) is 1. The van der Waals surface area contributed by atoms with Gasteiger partial charge in [-0.25, -0.2) is 13.8 Å². The summed E-state index contributed by atoms with van der Waals surface area (Å²) in [5.41, 5.74) is 3.55. The second-order valence-electron chi connectivity index (χ2n) is 14.5. The van der Waals surface area contributed by atoms with Crippen LogP contribution in [-0.4, -0.2) is 52.3 Å². The first-order valence-corrected chi connectivity index (χ1v) is 17.2. The molecule has 10 heteroatoms. The van der Waals surface area contributed by atoms with Crippen LogP contribution < -0.4 is 10.1 Å².